The van der Waals surface area contributed by atoms with E-state index >= 15 is 0 Å². The van der Waals surface area contributed by atoms with Gasteiger partial charge < -0.3 is 9.84 Å². The van der Waals surface area contributed by atoms with E-state index in [0.29, 0.717) is 47.0 Å². The molecule has 1 atom stereocenters. The monoisotopic (exact) mass is 458 g/mol. The van der Waals surface area contributed by atoms with Crippen LogP contribution in [-0.2, 0) is 17.9 Å². The van der Waals surface area contributed by atoms with Crippen LogP contribution in [0, 0.1) is 12.8 Å². The molecule has 1 fully saturated rings. The molecule has 1 saturated heterocycles. The minimum absolute atomic E-state index is 0.0501. The van der Waals surface area contributed by atoms with Crippen LogP contribution in [0.2, 0.25) is 10.0 Å². The Morgan fingerprint density at radius 1 is 1.26 bits per heavy atom. The van der Waals surface area contributed by atoms with Crippen molar-refractivity contribution in [2.24, 2.45) is 5.92 Å². The third kappa shape index (κ3) is 5.45. The molecule has 0 aliphatic carbocycles. The highest BCUT2D eigenvalue weighted by atomic mass is 35.5. The van der Waals surface area contributed by atoms with Crippen LogP contribution in [0.5, 0.6) is 0 Å². The standard InChI is InChI=1S/C23H24Cl2N4O2/c1-15-5-2-3-6-16(15)12-26-23(30)17-7-4-10-29(13-17)14-21-27-22(28-31-21)19-9-8-18(24)11-20(19)25/h2-3,5-6,8-9,11,17H,4,7,10,12-14H2,1H3,(H,26,30). The zero-order valence-corrected chi connectivity index (χ0v) is 18.8. The van der Waals surface area contributed by atoms with E-state index in [1.54, 1.807) is 18.2 Å². The second-order valence-electron chi connectivity index (χ2n) is 7.85. The van der Waals surface area contributed by atoms with Gasteiger partial charge in [0.1, 0.15) is 0 Å². The van der Waals surface area contributed by atoms with E-state index in [2.05, 4.69) is 33.3 Å². The van der Waals surface area contributed by atoms with Crippen molar-refractivity contribution in [2.45, 2.75) is 32.9 Å². The SMILES string of the molecule is Cc1ccccc1CNC(=O)C1CCCN(Cc2nc(-c3ccc(Cl)cc3Cl)no2)C1. The van der Waals surface area contributed by atoms with Crippen LogP contribution in [0.25, 0.3) is 11.4 Å². The summed E-state index contributed by atoms with van der Waals surface area (Å²) < 4.78 is 5.43. The van der Waals surface area contributed by atoms with Crippen LogP contribution in [0.4, 0.5) is 0 Å². The van der Waals surface area contributed by atoms with Gasteiger partial charge in [0, 0.05) is 23.7 Å². The van der Waals surface area contributed by atoms with Gasteiger partial charge in [-0.25, -0.2) is 0 Å². The Morgan fingerprint density at radius 2 is 2.10 bits per heavy atom. The molecule has 4 rings (SSSR count). The highest BCUT2D eigenvalue weighted by Gasteiger charge is 2.27. The van der Waals surface area contributed by atoms with Crippen molar-refractivity contribution < 1.29 is 9.32 Å². The number of aryl methyl sites for hydroxylation is 1. The Kier molecular flexibility index (Phi) is 6.90. The quantitative estimate of drug-likeness (QED) is 0.569. The number of piperidine rings is 1. The van der Waals surface area contributed by atoms with Crippen molar-refractivity contribution in [3.05, 3.63) is 69.5 Å². The summed E-state index contributed by atoms with van der Waals surface area (Å²) in [5.41, 5.74) is 3.00. The molecule has 1 unspecified atom stereocenters. The van der Waals surface area contributed by atoms with E-state index in [1.807, 2.05) is 18.2 Å². The molecule has 1 aliphatic rings. The second-order valence-corrected chi connectivity index (χ2v) is 8.70. The molecule has 2 heterocycles. The first-order valence-corrected chi connectivity index (χ1v) is 11.1. The number of likely N-dealkylation sites (tertiary alicyclic amines) is 1. The zero-order valence-electron chi connectivity index (χ0n) is 17.3. The van der Waals surface area contributed by atoms with Crippen molar-refractivity contribution in [1.82, 2.24) is 20.4 Å². The molecule has 6 nitrogen and oxygen atoms in total. The summed E-state index contributed by atoms with van der Waals surface area (Å²) in [6.07, 6.45) is 1.83. The summed E-state index contributed by atoms with van der Waals surface area (Å²) in [5, 5.41) is 8.16. The molecular weight excluding hydrogens is 435 g/mol. The fraction of sp³-hybridized carbons (Fsp3) is 0.348. The minimum atomic E-state index is -0.0501. The number of benzene rings is 2. The third-order valence-corrected chi connectivity index (χ3v) is 6.14. The van der Waals surface area contributed by atoms with Gasteiger partial charge in [0.2, 0.25) is 17.6 Å². The normalized spacial score (nSPS) is 16.9. The fourth-order valence-electron chi connectivity index (χ4n) is 3.84. The average Bonchev–Trinajstić information content (AvgIpc) is 3.21. The van der Waals surface area contributed by atoms with Crippen LogP contribution in [-0.4, -0.2) is 34.0 Å². The highest BCUT2D eigenvalue weighted by molar-refractivity contribution is 6.36. The summed E-state index contributed by atoms with van der Waals surface area (Å²) >= 11 is 12.2. The van der Waals surface area contributed by atoms with Crippen LogP contribution >= 0.6 is 23.2 Å². The highest BCUT2D eigenvalue weighted by Crippen LogP contribution is 2.28. The van der Waals surface area contributed by atoms with E-state index in [-0.39, 0.29) is 11.8 Å². The largest absolute Gasteiger partial charge is 0.352 e. The van der Waals surface area contributed by atoms with Crippen molar-refractivity contribution >= 4 is 29.1 Å². The number of carbonyl (C=O) groups excluding carboxylic acids is 1. The van der Waals surface area contributed by atoms with E-state index in [9.17, 15) is 4.79 Å². The van der Waals surface area contributed by atoms with E-state index in [4.69, 9.17) is 27.7 Å². The lowest BCUT2D eigenvalue weighted by Gasteiger charge is -2.30. The van der Waals surface area contributed by atoms with Gasteiger partial charge in [-0.2, -0.15) is 4.98 Å². The van der Waals surface area contributed by atoms with Crippen molar-refractivity contribution in [1.29, 1.82) is 0 Å². The number of hydrogen-bond donors (Lipinski definition) is 1. The molecule has 31 heavy (non-hydrogen) atoms. The summed E-state index contributed by atoms with van der Waals surface area (Å²) in [6.45, 7) is 4.66. The Bertz CT molecular complexity index is 1070. The van der Waals surface area contributed by atoms with Crippen LogP contribution < -0.4 is 5.32 Å². The number of amides is 1. The van der Waals surface area contributed by atoms with Gasteiger partial charge in [-0.1, -0.05) is 52.6 Å². The third-order valence-electron chi connectivity index (χ3n) is 5.59. The summed E-state index contributed by atoms with van der Waals surface area (Å²) in [4.78, 5) is 19.4. The van der Waals surface area contributed by atoms with Gasteiger partial charge in [-0.05, 0) is 55.6 Å². The first-order valence-electron chi connectivity index (χ1n) is 10.3. The smallest absolute Gasteiger partial charge is 0.241 e. The number of halogens is 2. The molecule has 1 amide bonds. The summed E-state index contributed by atoms with van der Waals surface area (Å²) in [7, 11) is 0. The topological polar surface area (TPSA) is 71.3 Å². The number of nitrogens with zero attached hydrogens (tertiary/aromatic N) is 3. The molecule has 1 aromatic heterocycles. The second kappa shape index (κ2) is 9.81. The first-order chi connectivity index (χ1) is 15.0. The zero-order chi connectivity index (χ0) is 21.8. The molecule has 8 heteroatoms. The lowest BCUT2D eigenvalue weighted by atomic mass is 9.97. The number of rotatable bonds is 6. The molecule has 0 radical (unpaired) electrons. The van der Waals surface area contributed by atoms with Crippen LogP contribution in [0.3, 0.4) is 0 Å². The molecule has 162 valence electrons. The van der Waals surface area contributed by atoms with Gasteiger partial charge in [0.25, 0.3) is 0 Å². The molecule has 1 aliphatic heterocycles. The van der Waals surface area contributed by atoms with Crippen LogP contribution in [0.1, 0.15) is 29.9 Å². The maximum atomic E-state index is 12.7. The predicted octanol–water partition coefficient (Wildman–Crippen LogP) is 4.88. The first kappa shape index (κ1) is 21.8. The Morgan fingerprint density at radius 3 is 2.90 bits per heavy atom. The maximum absolute atomic E-state index is 12.7. The van der Waals surface area contributed by atoms with Gasteiger partial charge in [-0.15, -0.1) is 0 Å². The van der Waals surface area contributed by atoms with Crippen molar-refractivity contribution in [2.75, 3.05) is 13.1 Å². The predicted molar refractivity (Wildman–Crippen MR) is 121 cm³/mol. The summed E-state index contributed by atoms with van der Waals surface area (Å²) in [6, 6.07) is 13.3. The van der Waals surface area contributed by atoms with Gasteiger partial charge in [-0.3, -0.25) is 9.69 Å². The molecule has 2 aromatic carbocycles. The Balaban J connectivity index is 1.34. The molecular formula is C23H24Cl2N4O2. The fourth-order valence-corrected chi connectivity index (χ4v) is 4.33. The lowest BCUT2D eigenvalue weighted by molar-refractivity contribution is -0.127. The van der Waals surface area contributed by atoms with Gasteiger partial charge >= 0.3 is 0 Å². The molecule has 1 N–H and O–H groups in total. The molecule has 0 saturated carbocycles. The Labute approximate surface area is 191 Å². The summed E-state index contributed by atoms with van der Waals surface area (Å²) in [5.74, 6) is 0.973. The van der Waals surface area contributed by atoms with E-state index < -0.39 is 0 Å². The molecule has 0 spiro atoms. The van der Waals surface area contributed by atoms with Crippen molar-refractivity contribution in [3.63, 3.8) is 0 Å². The van der Waals surface area contributed by atoms with E-state index in [0.717, 1.165) is 24.9 Å². The minimum Gasteiger partial charge on any atom is -0.352 e. The number of hydrogen-bond acceptors (Lipinski definition) is 5. The lowest BCUT2D eigenvalue weighted by Crippen LogP contribution is -2.42. The van der Waals surface area contributed by atoms with Crippen LogP contribution in [0.15, 0.2) is 47.0 Å². The van der Waals surface area contributed by atoms with Gasteiger partial charge in [0.05, 0.1) is 17.5 Å². The Hall–Kier alpha value is -2.41. The van der Waals surface area contributed by atoms with Gasteiger partial charge in [0.15, 0.2) is 0 Å². The number of carbonyl (C=O) groups is 1. The molecule has 0 bridgehead atoms. The van der Waals surface area contributed by atoms with Crippen molar-refractivity contribution in [3.8, 4) is 11.4 Å². The molecule has 3 aromatic rings. The van der Waals surface area contributed by atoms with E-state index in [1.165, 1.54) is 5.56 Å². The maximum Gasteiger partial charge on any atom is 0.241 e. The average molecular weight is 459 g/mol. The number of nitrogens with one attached hydrogen (secondary N) is 1. The number of aromatic nitrogens is 2.